The largest absolute Gasteiger partial charge is 0.508 e. The summed E-state index contributed by atoms with van der Waals surface area (Å²) in [5.41, 5.74) is 2.36. The van der Waals surface area contributed by atoms with Crippen molar-refractivity contribution in [1.29, 1.82) is 0 Å². The van der Waals surface area contributed by atoms with E-state index in [1.165, 1.54) is 35.2 Å². The van der Waals surface area contributed by atoms with Gasteiger partial charge in [-0.05, 0) is 23.3 Å². The van der Waals surface area contributed by atoms with Crippen LogP contribution in [0.15, 0.2) is 79.1 Å². The Labute approximate surface area is 184 Å². The van der Waals surface area contributed by atoms with E-state index >= 15 is 0 Å². The number of fused-ring (bicyclic) bond motifs is 2. The first-order valence-corrected chi connectivity index (χ1v) is 11.3. The smallest absolute Gasteiger partial charge is 0.336 e. The molecule has 0 atom stereocenters. The summed E-state index contributed by atoms with van der Waals surface area (Å²) in [5, 5.41) is 13.5. The highest BCUT2D eigenvalue weighted by Crippen LogP contribution is 2.33. The van der Waals surface area contributed by atoms with Gasteiger partial charge < -0.3 is 9.52 Å². The Bertz CT molecular complexity index is 1550. The van der Waals surface area contributed by atoms with Gasteiger partial charge in [0.05, 0.1) is 5.39 Å². The predicted molar refractivity (Wildman–Crippen MR) is 124 cm³/mol. The minimum absolute atomic E-state index is 0.0295. The van der Waals surface area contributed by atoms with E-state index in [0.717, 1.165) is 22.1 Å². The Morgan fingerprint density at radius 3 is 2.74 bits per heavy atom. The maximum Gasteiger partial charge on any atom is 0.336 e. The van der Waals surface area contributed by atoms with Gasteiger partial charge in [0, 0.05) is 41.3 Å². The molecule has 154 valence electrons. The molecule has 1 N–H and O–H groups in total. The number of nitrogens with zero attached hydrogens (tertiary/aromatic N) is 2. The minimum Gasteiger partial charge on any atom is -0.508 e. The fourth-order valence-electron chi connectivity index (χ4n) is 3.49. The maximum atomic E-state index is 13.1. The second-order valence-electron chi connectivity index (χ2n) is 7.01. The quantitative estimate of drug-likeness (QED) is 0.242. The van der Waals surface area contributed by atoms with Crippen molar-refractivity contribution in [2.45, 2.75) is 10.9 Å². The van der Waals surface area contributed by atoms with Crippen molar-refractivity contribution in [3.8, 4) is 16.9 Å². The molecule has 0 spiro atoms. The van der Waals surface area contributed by atoms with Gasteiger partial charge in [-0.15, -0.1) is 11.3 Å². The fourth-order valence-corrected chi connectivity index (χ4v) is 5.44. The van der Waals surface area contributed by atoms with Gasteiger partial charge in [-0.3, -0.25) is 9.36 Å². The Morgan fingerprint density at radius 1 is 1.13 bits per heavy atom. The first kappa shape index (κ1) is 19.6. The zero-order valence-electron chi connectivity index (χ0n) is 16.4. The summed E-state index contributed by atoms with van der Waals surface area (Å²) in [4.78, 5) is 30.5. The summed E-state index contributed by atoms with van der Waals surface area (Å²) in [6, 6.07) is 15.9. The molecule has 0 aliphatic heterocycles. The average molecular weight is 449 g/mol. The van der Waals surface area contributed by atoms with Crippen LogP contribution in [0.5, 0.6) is 5.75 Å². The van der Waals surface area contributed by atoms with E-state index in [2.05, 4.69) is 0 Å². The second kappa shape index (κ2) is 7.72. The van der Waals surface area contributed by atoms with Crippen molar-refractivity contribution in [2.24, 2.45) is 7.05 Å². The molecule has 0 unspecified atom stereocenters. The Balaban J connectivity index is 1.54. The third-order valence-corrected chi connectivity index (χ3v) is 6.98. The number of phenols is 1. The van der Waals surface area contributed by atoms with Crippen LogP contribution in [0.3, 0.4) is 0 Å². The van der Waals surface area contributed by atoms with Crippen LogP contribution in [0.2, 0.25) is 0 Å². The second-order valence-corrected chi connectivity index (χ2v) is 8.81. The van der Waals surface area contributed by atoms with Crippen LogP contribution in [-0.4, -0.2) is 14.7 Å². The Morgan fingerprint density at radius 2 is 1.94 bits per heavy atom. The van der Waals surface area contributed by atoms with Crippen LogP contribution in [0.1, 0.15) is 5.56 Å². The fraction of sp³-hybridized carbons (Fsp3) is 0.0870. The lowest BCUT2D eigenvalue weighted by Crippen LogP contribution is -2.19. The first-order valence-electron chi connectivity index (χ1n) is 9.43. The van der Waals surface area contributed by atoms with Gasteiger partial charge in [-0.25, -0.2) is 9.78 Å². The zero-order valence-corrected chi connectivity index (χ0v) is 18.0. The number of aromatic nitrogens is 2. The molecular weight excluding hydrogens is 432 g/mol. The molecule has 31 heavy (non-hydrogen) atoms. The molecule has 0 aliphatic rings. The molecule has 0 aliphatic carbocycles. The van der Waals surface area contributed by atoms with Crippen molar-refractivity contribution in [1.82, 2.24) is 9.55 Å². The van der Waals surface area contributed by atoms with Crippen molar-refractivity contribution in [2.75, 3.05) is 0 Å². The van der Waals surface area contributed by atoms with E-state index < -0.39 is 5.63 Å². The summed E-state index contributed by atoms with van der Waals surface area (Å²) in [6.45, 7) is 0. The number of phenolic OH excluding ortho intramolecular Hbond substituents is 1. The molecule has 6 nitrogen and oxygen atoms in total. The van der Waals surface area contributed by atoms with Gasteiger partial charge in [0.25, 0.3) is 5.56 Å². The predicted octanol–water partition coefficient (Wildman–Crippen LogP) is 4.77. The number of hydrogen-bond acceptors (Lipinski definition) is 7. The summed E-state index contributed by atoms with van der Waals surface area (Å²) in [7, 11) is 1.71. The van der Waals surface area contributed by atoms with E-state index in [0.29, 0.717) is 26.7 Å². The molecule has 2 aromatic carbocycles. The Hall–Kier alpha value is -3.36. The van der Waals surface area contributed by atoms with Crippen molar-refractivity contribution in [3.63, 3.8) is 0 Å². The van der Waals surface area contributed by atoms with Gasteiger partial charge in [0.15, 0.2) is 5.16 Å². The molecule has 0 saturated heterocycles. The van der Waals surface area contributed by atoms with E-state index in [1.807, 2.05) is 35.7 Å². The summed E-state index contributed by atoms with van der Waals surface area (Å²) >= 11 is 2.82. The van der Waals surface area contributed by atoms with E-state index in [-0.39, 0.29) is 11.3 Å². The maximum absolute atomic E-state index is 13.1. The van der Waals surface area contributed by atoms with E-state index in [4.69, 9.17) is 9.40 Å². The molecule has 8 heteroatoms. The van der Waals surface area contributed by atoms with Crippen LogP contribution >= 0.6 is 23.1 Å². The van der Waals surface area contributed by atoms with Crippen LogP contribution in [-0.2, 0) is 12.8 Å². The van der Waals surface area contributed by atoms with Crippen molar-refractivity contribution in [3.05, 3.63) is 86.3 Å². The zero-order chi connectivity index (χ0) is 21.5. The van der Waals surface area contributed by atoms with Gasteiger partial charge in [0.1, 0.15) is 16.2 Å². The number of benzene rings is 2. The molecule has 0 bridgehead atoms. The number of hydrogen-bond donors (Lipinski definition) is 1. The summed E-state index contributed by atoms with van der Waals surface area (Å²) < 4.78 is 6.73. The van der Waals surface area contributed by atoms with E-state index in [9.17, 15) is 14.7 Å². The molecule has 0 saturated carbocycles. The van der Waals surface area contributed by atoms with Crippen LogP contribution in [0, 0.1) is 0 Å². The van der Waals surface area contributed by atoms with Crippen LogP contribution < -0.4 is 11.2 Å². The normalized spacial score (nSPS) is 11.4. The lowest BCUT2D eigenvalue weighted by molar-refractivity contribution is 0.473. The lowest BCUT2D eigenvalue weighted by atomic mass is 10.1. The average Bonchev–Trinajstić information content (AvgIpc) is 3.19. The number of thiophene rings is 1. The third kappa shape index (κ3) is 3.54. The molecule has 3 heterocycles. The molecule has 0 fully saturated rings. The van der Waals surface area contributed by atoms with Gasteiger partial charge >= 0.3 is 5.63 Å². The Kier molecular flexibility index (Phi) is 4.88. The highest BCUT2D eigenvalue weighted by Gasteiger charge is 2.16. The van der Waals surface area contributed by atoms with Crippen molar-refractivity contribution < 1.29 is 9.52 Å². The first-order chi connectivity index (χ1) is 15.0. The number of rotatable bonds is 4. The lowest BCUT2D eigenvalue weighted by Gasteiger charge is -2.09. The molecule has 0 radical (unpaired) electrons. The highest BCUT2D eigenvalue weighted by molar-refractivity contribution is 7.98. The van der Waals surface area contributed by atoms with Gasteiger partial charge in [0.2, 0.25) is 0 Å². The molecule has 5 aromatic rings. The number of aromatic hydroxyl groups is 1. The molecule has 5 rings (SSSR count). The topological polar surface area (TPSA) is 85.3 Å². The molecular formula is C23H16N2O4S2. The number of thioether (sulfide) groups is 1. The van der Waals surface area contributed by atoms with E-state index in [1.54, 1.807) is 23.7 Å². The third-order valence-electron chi connectivity index (χ3n) is 5.03. The van der Waals surface area contributed by atoms with Crippen molar-refractivity contribution >= 4 is 44.3 Å². The standard InChI is InChI=1S/C23H16N2O4S2/c1-25-22(28)20-17(13-5-3-2-4-6-13)12-30-21(20)24-23(25)31-11-14-9-19(27)29-18-10-15(26)7-8-16(14)18/h2-10,12,26H,11H2,1H3. The SMILES string of the molecule is Cn1c(SCc2cc(=O)oc3cc(O)ccc23)nc2scc(-c3ccccc3)c2c1=O. The summed E-state index contributed by atoms with van der Waals surface area (Å²) in [5.74, 6) is 0.456. The van der Waals surface area contributed by atoms with Crippen LogP contribution in [0.4, 0.5) is 0 Å². The van der Waals surface area contributed by atoms with Gasteiger partial charge in [-0.2, -0.15) is 0 Å². The monoisotopic (exact) mass is 448 g/mol. The summed E-state index contributed by atoms with van der Waals surface area (Å²) in [6.07, 6.45) is 0. The van der Waals surface area contributed by atoms with Gasteiger partial charge in [-0.1, -0.05) is 42.1 Å². The molecule has 0 amide bonds. The molecule has 3 aromatic heterocycles. The highest BCUT2D eigenvalue weighted by atomic mass is 32.2. The van der Waals surface area contributed by atoms with Crippen LogP contribution in [0.25, 0.3) is 32.3 Å². The minimum atomic E-state index is -0.489.